The molecule has 0 aromatic rings. The van der Waals surface area contributed by atoms with E-state index >= 15 is 0 Å². The van der Waals surface area contributed by atoms with E-state index in [2.05, 4.69) is 19.6 Å². The summed E-state index contributed by atoms with van der Waals surface area (Å²) in [7, 11) is 0. The van der Waals surface area contributed by atoms with Crippen LogP contribution < -0.4 is 0 Å². The maximum atomic E-state index is 5.66. The molecule has 0 N–H and O–H groups in total. The number of halogens is 1. The van der Waals surface area contributed by atoms with Crippen LogP contribution in [0.15, 0.2) is 0 Å². The maximum absolute atomic E-state index is 5.66. The predicted octanol–water partition coefficient (Wildman–Crippen LogP) is 2.55. The van der Waals surface area contributed by atoms with E-state index in [4.69, 9.17) is 11.6 Å². The summed E-state index contributed by atoms with van der Waals surface area (Å²) in [6.07, 6.45) is 0. The third-order valence-electron chi connectivity index (χ3n) is 1.14. The molecule has 0 aromatic heterocycles. The second kappa shape index (κ2) is 4.68. The molecule has 0 rings (SSSR count). The van der Waals surface area contributed by atoms with Crippen LogP contribution in [0.3, 0.4) is 0 Å². The third-order valence-corrected chi connectivity index (χ3v) is 4.99. The summed E-state index contributed by atoms with van der Waals surface area (Å²) in [5.41, 5.74) is 0. The molecule has 0 heterocycles. The van der Waals surface area contributed by atoms with Crippen LogP contribution in [-0.2, 0) is 0 Å². The Balaban J connectivity index is 3.10. The van der Waals surface area contributed by atoms with Crippen molar-refractivity contribution in [3.05, 3.63) is 0 Å². The third kappa shape index (κ3) is 4.97. The van der Waals surface area contributed by atoms with Gasteiger partial charge >= 0.3 is 0 Å². The zero-order valence-electron chi connectivity index (χ0n) is 5.95. The van der Waals surface area contributed by atoms with Crippen molar-refractivity contribution in [2.45, 2.75) is 24.9 Å². The van der Waals surface area contributed by atoms with Crippen LogP contribution in [0.4, 0.5) is 0 Å². The van der Waals surface area contributed by atoms with Gasteiger partial charge in [0.05, 0.1) is 0 Å². The lowest BCUT2D eigenvalue weighted by Crippen LogP contribution is -2.11. The summed E-state index contributed by atoms with van der Waals surface area (Å²) < 4.78 is 0.943. The van der Waals surface area contributed by atoms with Crippen molar-refractivity contribution in [2.24, 2.45) is 5.92 Å². The normalized spacial score (nSPS) is 10.1. The molecular formula is C6H14AlCl. The second-order valence-corrected chi connectivity index (χ2v) is 6.81. The molecule has 0 radical (unpaired) electrons. The molecule has 0 saturated heterocycles. The first kappa shape index (κ1) is 8.82. The molecule has 0 fully saturated rings. The Hall–Kier alpha value is 0.822. The lowest BCUT2D eigenvalue weighted by Gasteiger charge is -2.03. The largest absolute Gasteiger partial charge is 0.279 e. The van der Waals surface area contributed by atoms with Crippen LogP contribution in [0.25, 0.3) is 0 Å². The van der Waals surface area contributed by atoms with Gasteiger partial charge in [-0.25, -0.2) is 0 Å². The highest BCUT2D eigenvalue weighted by Crippen LogP contribution is 2.05. The topological polar surface area (TPSA) is 0 Å². The molecule has 2 heteroatoms. The standard InChI is InChI=1S/C4H9.CH2Cl.CH3.Al/c1-4(2)3;1-2;;/h4H,1H2,2-3H3;1H2;1H3;. The Morgan fingerprint density at radius 1 is 1.50 bits per heavy atom. The minimum atomic E-state index is -0.474. The molecule has 0 atom stereocenters. The van der Waals surface area contributed by atoms with E-state index in [1.54, 1.807) is 0 Å². The lowest BCUT2D eigenvalue weighted by atomic mass is 10.3. The number of hydrogen-bond acceptors (Lipinski definition) is 0. The van der Waals surface area contributed by atoms with E-state index in [0.717, 1.165) is 10.7 Å². The molecule has 0 unspecified atom stereocenters. The van der Waals surface area contributed by atoms with E-state index < -0.39 is 14.1 Å². The van der Waals surface area contributed by atoms with Crippen LogP contribution in [0.2, 0.25) is 11.1 Å². The summed E-state index contributed by atoms with van der Waals surface area (Å²) in [4.78, 5) is 0. The first-order valence-corrected chi connectivity index (χ1v) is 6.55. The lowest BCUT2D eigenvalue weighted by molar-refractivity contribution is 0.726. The van der Waals surface area contributed by atoms with Crippen molar-refractivity contribution < 1.29 is 0 Å². The number of hydrogen-bond donors (Lipinski definition) is 0. The molecule has 0 aliphatic rings. The molecule has 48 valence electrons. The van der Waals surface area contributed by atoms with Gasteiger partial charge in [-0.15, -0.1) is 17.4 Å². The Morgan fingerprint density at radius 3 is 2.12 bits per heavy atom. The quantitative estimate of drug-likeness (QED) is 0.426. The van der Waals surface area contributed by atoms with Gasteiger partial charge in [-0.05, 0) is 4.74 Å². The van der Waals surface area contributed by atoms with Crippen molar-refractivity contribution >= 4 is 25.7 Å². The maximum Gasteiger partial charge on any atom is 0.279 e. The fourth-order valence-corrected chi connectivity index (χ4v) is 2.98. The zero-order chi connectivity index (χ0) is 6.57. The Morgan fingerprint density at radius 2 is 2.00 bits per heavy atom. The molecule has 0 spiro atoms. The van der Waals surface area contributed by atoms with Crippen molar-refractivity contribution in [1.82, 2.24) is 0 Å². The summed E-state index contributed by atoms with van der Waals surface area (Å²) >= 11 is 5.18. The molecule has 0 bridgehead atoms. The molecule has 0 nitrogen and oxygen atoms in total. The first-order valence-electron chi connectivity index (χ1n) is 3.22. The van der Waals surface area contributed by atoms with Crippen molar-refractivity contribution in [2.75, 3.05) is 4.74 Å². The van der Waals surface area contributed by atoms with E-state index in [-0.39, 0.29) is 0 Å². The molecule has 8 heavy (non-hydrogen) atoms. The predicted molar refractivity (Wildman–Crippen MR) is 42.0 cm³/mol. The first-order chi connectivity index (χ1) is 3.66. The van der Waals surface area contributed by atoms with Gasteiger partial charge in [-0.3, -0.25) is 0 Å². The van der Waals surface area contributed by atoms with Crippen LogP contribution in [0.5, 0.6) is 0 Å². The SMILES string of the molecule is CC(C)[CH2][Al]([CH3])[CH2]Cl. The Kier molecular flexibility index (Phi) is 5.16. The fourth-order valence-electron chi connectivity index (χ4n) is 0.868. The average molecular weight is 149 g/mol. The van der Waals surface area contributed by atoms with Crippen molar-refractivity contribution in [1.29, 1.82) is 0 Å². The van der Waals surface area contributed by atoms with Crippen molar-refractivity contribution in [3.8, 4) is 0 Å². The van der Waals surface area contributed by atoms with Crippen molar-refractivity contribution in [3.63, 3.8) is 0 Å². The molecule has 0 amide bonds. The number of rotatable bonds is 3. The summed E-state index contributed by atoms with van der Waals surface area (Å²) in [5.74, 6) is 3.18. The smallest absolute Gasteiger partial charge is 0.143 e. The molecule has 0 aromatic carbocycles. The average Bonchev–Trinajstić information content (AvgIpc) is 1.65. The van der Waals surface area contributed by atoms with Gasteiger partial charge in [0, 0.05) is 0 Å². The Labute approximate surface area is 61.6 Å². The highest BCUT2D eigenvalue weighted by Gasteiger charge is 2.09. The molecule has 0 aliphatic heterocycles. The van der Waals surface area contributed by atoms with Gasteiger partial charge in [0.25, 0.3) is 14.1 Å². The van der Waals surface area contributed by atoms with Gasteiger partial charge in [0.2, 0.25) is 0 Å². The van der Waals surface area contributed by atoms with Gasteiger partial charge in [0.15, 0.2) is 0 Å². The van der Waals surface area contributed by atoms with E-state index in [9.17, 15) is 0 Å². The summed E-state index contributed by atoms with van der Waals surface area (Å²) in [5, 5.41) is 1.39. The van der Waals surface area contributed by atoms with E-state index in [0.29, 0.717) is 0 Å². The molecule has 0 saturated carbocycles. The minimum Gasteiger partial charge on any atom is -0.143 e. The van der Waals surface area contributed by atoms with Crippen LogP contribution in [0, 0.1) is 5.92 Å². The van der Waals surface area contributed by atoms with Crippen LogP contribution in [-0.4, -0.2) is 18.9 Å². The number of alkyl halides is 1. The van der Waals surface area contributed by atoms with Gasteiger partial charge < -0.3 is 0 Å². The highest BCUT2D eigenvalue weighted by atomic mass is 35.5. The Bertz CT molecular complexity index is 54.5. The van der Waals surface area contributed by atoms with E-state index in [1.807, 2.05) is 0 Å². The van der Waals surface area contributed by atoms with Gasteiger partial charge in [0.1, 0.15) is 0 Å². The molecule has 0 aliphatic carbocycles. The summed E-state index contributed by atoms with van der Waals surface area (Å²) in [6, 6.07) is 0. The van der Waals surface area contributed by atoms with Crippen LogP contribution in [0.1, 0.15) is 13.8 Å². The van der Waals surface area contributed by atoms with E-state index in [1.165, 1.54) is 5.28 Å². The monoisotopic (exact) mass is 148 g/mol. The summed E-state index contributed by atoms with van der Waals surface area (Å²) in [6.45, 7) is 4.52. The fraction of sp³-hybridized carbons (Fsp3) is 1.00. The second-order valence-electron chi connectivity index (χ2n) is 2.89. The van der Waals surface area contributed by atoms with Crippen LogP contribution >= 0.6 is 11.6 Å². The van der Waals surface area contributed by atoms with Gasteiger partial charge in [-0.1, -0.05) is 25.0 Å². The molecular weight excluding hydrogens is 135 g/mol. The minimum absolute atomic E-state index is 0.474. The highest BCUT2D eigenvalue weighted by molar-refractivity contribution is 6.66. The van der Waals surface area contributed by atoms with Gasteiger partial charge in [-0.2, -0.15) is 0 Å². The zero-order valence-corrected chi connectivity index (χ0v) is 7.86.